The van der Waals surface area contributed by atoms with Crippen LogP contribution in [0.2, 0.25) is 0 Å². The quantitative estimate of drug-likeness (QED) is 0.772. The van der Waals surface area contributed by atoms with Gasteiger partial charge in [-0.25, -0.2) is 0 Å². The van der Waals surface area contributed by atoms with Crippen molar-refractivity contribution in [2.24, 2.45) is 0 Å². The van der Waals surface area contributed by atoms with E-state index in [9.17, 15) is 0 Å². The maximum absolute atomic E-state index is 5.99. The van der Waals surface area contributed by atoms with Gasteiger partial charge < -0.3 is 10.1 Å². The first-order chi connectivity index (χ1) is 7.28. The van der Waals surface area contributed by atoms with Crippen molar-refractivity contribution in [2.45, 2.75) is 76.5 Å². The zero-order chi connectivity index (χ0) is 10.7. The summed E-state index contributed by atoms with van der Waals surface area (Å²) in [6.07, 6.45) is 8.95. The molecule has 1 N–H and O–H groups in total. The average Bonchev–Trinajstić information content (AvgIpc) is 2.24. The second kappa shape index (κ2) is 4.84. The molecule has 2 heteroatoms. The van der Waals surface area contributed by atoms with Gasteiger partial charge in [0, 0.05) is 18.7 Å². The van der Waals surface area contributed by atoms with Crippen LogP contribution in [0.25, 0.3) is 0 Å². The summed E-state index contributed by atoms with van der Waals surface area (Å²) in [5.74, 6) is 0. The van der Waals surface area contributed by atoms with E-state index in [2.05, 4.69) is 19.2 Å². The first-order valence-corrected chi connectivity index (χ1v) is 6.68. The lowest BCUT2D eigenvalue weighted by Crippen LogP contribution is -2.50. The lowest BCUT2D eigenvalue weighted by molar-refractivity contribution is -0.0949. The van der Waals surface area contributed by atoms with Crippen LogP contribution >= 0.6 is 0 Å². The topological polar surface area (TPSA) is 21.3 Å². The molecule has 0 aromatic carbocycles. The van der Waals surface area contributed by atoms with Crippen LogP contribution in [-0.2, 0) is 4.74 Å². The first-order valence-electron chi connectivity index (χ1n) is 6.68. The molecular weight excluding hydrogens is 186 g/mol. The highest BCUT2D eigenvalue weighted by Gasteiger charge is 2.35. The molecule has 2 fully saturated rings. The Bertz CT molecular complexity index is 197. The van der Waals surface area contributed by atoms with Crippen molar-refractivity contribution >= 4 is 0 Å². The Morgan fingerprint density at radius 1 is 1.13 bits per heavy atom. The molecular formula is C13H25NO. The largest absolute Gasteiger partial charge is 0.375 e. The van der Waals surface area contributed by atoms with Crippen molar-refractivity contribution in [3.63, 3.8) is 0 Å². The summed E-state index contributed by atoms with van der Waals surface area (Å²) in [7, 11) is 0. The fourth-order valence-electron chi connectivity index (χ4n) is 2.82. The van der Waals surface area contributed by atoms with Crippen LogP contribution in [0.15, 0.2) is 0 Å². The Morgan fingerprint density at radius 2 is 1.87 bits per heavy atom. The van der Waals surface area contributed by atoms with Crippen LogP contribution in [0.1, 0.15) is 58.8 Å². The molecule has 0 spiro atoms. The smallest absolute Gasteiger partial charge is 0.0692 e. The lowest BCUT2D eigenvalue weighted by atomic mass is 9.84. The molecule has 2 aliphatic rings. The standard InChI is InChI=1S/C13H25NO/c1-3-13(4-2)10-12(8-9-15-13)14-11-6-5-7-11/h11-12,14H,3-10H2,1-2H3. The van der Waals surface area contributed by atoms with E-state index in [0.29, 0.717) is 6.04 Å². The molecule has 0 aromatic heterocycles. The van der Waals surface area contributed by atoms with Gasteiger partial charge >= 0.3 is 0 Å². The van der Waals surface area contributed by atoms with Crippen molar-refractivity contribution in [1.29, 1.82) is 0 Å². The summed E-state index contributed by atoms with van der Waals surface area (Å²) >= 11 is 0. The van der Waals surface area contributed by atoms with Crippen molar-refractivity contribution in [3.05, 3.63) is 0 Å². The first kappa shape index (κ1) is 11.4. The highest BCUT2D eigenvalue weighted by atomic mass is 16.5. The van der Waals surface area contributed by atoms with Crippen LogP contribution < -0.4 is 5.32 Å². The van der Waals surface area contributed by atoms with Crippen LogP contribution in [0.3, 0.4) is 0 Å². The van der Waals surface area contributed by atoms with E-state index < -0.39 is 0 Å². The minimum absolute atomic E-state index is 0.180. The molecule has 0 radical (unpaired) electrons. The zero-order valence-electron chi connectivity index (χ0n) is 10.2. The van der Waals surface area contributed by atoms with Crippen LogP contribution in [0.5, 0.6) is 0 Å². The van der Waals surface area contributed by atoms with E-state index in [1.165, 1.54) is 32.1 Å². The van der Waals surface area contributed by atoms with E-state index >= 15 is 0 Å². The molecule has 2 rings (SSSR count). The lowest BCUT2D eigenvalue weighted by Gasteiger charge is -2.42. The Kier molecular flexibility index (Phi) is 3.68. The third-order valence-corrected chi connectivity index (χ3v) is 4.36. The van der Waals surface area contributed by atoms with E-state index in [4.69, 9.17) is 4.74 Å². The molecule has 1 unspecified atom stereocenters. The normalized spacial score (nSPS) is 31.2. The van der Waals surface area contributed by atoms with Gasteiger partial charge in [0.15, 0.2) is 0 Å². The van der Waals surface area contributed by atoms with Crippen LogP contribution in [-0.4, -0.2) is 24.3 Å². The molecule has 1 aliphatic heterocycles. The average molecular weight is 211 g/mol. The monoisotopic (exact) mass is 211 g/mol. The molecule has 15 heavy (non-hydrogen) atoms. The van der Waals surface area contributed by atoms with Crippen LogP contribution in [0.4, 0.5) is 0 Å². The fraction of sp³-hybridized carbons (Fsp3) is 1.00. The molecule has 1 saturated heterocycles. The van der Waals surface area contributed by atoms with Crippen molar-refractivity contribution in [2.75, 3.05) is 6.61 Å². The van der Waals surface area contributed by atoms with Crippen molar-refractivity contribution in [1.82, 2.24) is 5.32 Å². The highest BCUT2D eigenvalue weighted by molar-refractivity contribution is 4.90. The van der Waals surface area contributed by atoms with Gasteiger partial charge in [0.05, 0.1) is 5.60 Å². The predicted octanol–water partition coefficient (Wildman–Crippen LogP) is 2.87. The molecule has 1 aliphatic carbocycles. The van der Waals surface area contributed by atoms with Gasteiger partial charge in [-0.3, -0.25) is 0 Å². The van der Waals surface area contributed by atoms with E-state index in [1.54, 1.807) is 0 Å². The van der Waals surface area contributed by atoms with Gasteiger partial charge in [-0.2, -0.15) is 0 Å². The number of nitrogens with one attached hydrogen (secondary N) is 1. The Balaban J connectivity index is 1.85. The number of ether oxygens (including phenoxy) is 1. The van der Waals surface area contributed by atoms with E-state index in [1.807, 2.05) is 0 Å². The molecule has 1 atom stereocenters. The van der Waals surface area contributed by atoms with Gasteiger partial charge in [-0.05, 0) is 38.5 Å². The van der Waals surface area contributed by atoms with Crippen molar-refractivity contribution in [3.8, 4) is 0 Å². The molecule has 1 saturated carbocycles. The maximum atomic E-state index is 5.99. The second-order valence-electron chi connectivity index (χ2n) is 5.22. The van der Waals surface area contributed by atoms with Gasteiger partial charge in [-0.1, -0.05) is 20.3 Å². The summed E-state index contributed by atoms with van der Waals surface area (Å²) in [5.41, 5.74) is 0.180. The van der Waals surface area contributed by atoms with Crippen molar-refractivity contribution < 1.29 is 4.74 Å². The van der Waals surface area contributed by atoms with Gasteiger partial charge in [0.25, 0.3) is 0 Å². The minimum Gasteiger partial charge on any atom is -0.375 e. The fourth-order valence-corrected chi connectivity index (χ4v) is 2.82. The number of hydrogen-bond donors (Lipinski definition) is 1. The predicted molar refractivity (Wildman–Crippen MR) is 63.1 cm³/mol. The second-order valence-corrected chi connectivity index (χ2v) is 5.22. The Hall–Kier alpha value is -0.0800. The maximum Gasteiger partial charge on any atom is 0.0692 e. The summed E-state index contributed by atoms with van der Waals surface area (Å²) in [4.78, 5) is 0. The summed E-state index contributed by atoms with van der Waals surface area (Å²) < 4.78 is 5.99. The SMILES string of the molecule is CCC1(CC)CC(NC2CCC2)CCO1. The Labute approximate surface area is 93.8 Å². The number of hydrogen-bond acceptors (Lipinski definition) is 2. The molecule has 1 heterocycles. The molecule has 0 aromatic rings. The zero-order valence-corrected chi connectivity index (χ0v) is 10.2. The molecule has 0 amide bonds. The third kappa shape index (κ3) is 2.54. The van der Waals surface area contributed by atoms with E-state index in [-0.39, 0.29) is 5.60 Å². The van der Waals surface area contributed by atoms with Gasteiger partial charge in [-0.15, -0.1) is 0 Å². The molecule has 2 nitrogen and oxygen atoms in total. The van der Waals surface area contributed by atoms with Crippen LogP contribution in [0, 0.1) is 0 Å². The van der Waals surface area contributed by atoms with Gasteiger partial charge in [0.2, 0.25) is 0 Å². The van der Waals surface area contributed by atoms with E-state index in [0.717, 1.165) is 25.5 Å². The highest BCUT2D eigenvalue weighted by Crippen LogP contribution is 2.32. The third-order valence-electron chi connectivity index (χ3n) is 4.36. The summed E-state index contributed by atoms with van der Waals surface area (Å²) in [6, 6.07) is 1.53. The Morgan fingerprint density at radius 3 is 2.40 bits per heavy atom. The molecule has 0 bridgehead atoms. The van der Waals surface area contributed by atoms with Gasteiger partial charge in [0.1, 0.15) is 0 Å². The summed E-state index contributed by atoms with van der Waals surface area (Å²) in [6.45, 7) is 5.47. The minimum atomic E-state index is 0.180. The molecule has 88 valence electrons. The number of rotatable bonds is 4. The summed E-state index contributed by atoms with van der Waals surface area (Å²) in [5, 5.41) is 3.80.